The van der Waals surface area contributed by atoms with Crippen molar-refractivity contribution in [2.45, 2.75) is 6.92 Å². The molecule has 0 spiro atoms. The topological polar surface area (TPSA) is 84.0 Å². The Morgan fingerprint density at radius 3 is 2.83 bits per heavy atom. The van der Waals surface area contributed by atoms with Crippen LogP contribution in [0.2, 0.25) is 0 Å². The number of hydrogen-bond donors (Lipinski definition) is 2. The molecule has 0 fully saturated rings. The van der Waals surface area contributed by atoms with E-state index in [2.05, 4.69) is 20.8 Å². The van der Waals surface area contributed by atoms with Crippen molar-refractivity contribution in [2.24, 2.45) is 0 Å². The van der Waals surface area contributed by atoms with Gasteiger partial charge in [0.2, 0.25) is 11.0 Å². The fourth-order valence-electron chi connectivity index (χ4n) is 1.17. The highest BCUT2D eigenvalue weighted by atomic mass is 32.1. The van der Waals surface area contributed by atoms with Gasteiger partial charge in [-0.1, -0.05) is 17.4 Å². The highest BCUT2D eigenvalue weighted by molar-refractivity contribution is 7.15. The number of anilines is 1. The van der Waals surface area contributed by atoms with Gasteiger partial charge >= 0.3 is 0 Å². The van der Waals surface area contributed by atoms with E-state index in [1.807, 2.05) is 0 Å². The van der Waals surface area contributed by atoms with Crippen molar-refractivity contribution in [3.8, 4) is 0 Å². The second-order valence-corrected chi connectivity index (χ2v) is 5.46. The summed E-state index contributed by atoms with van der Waals surface area (Å²) in [6, 6.07) is 3.48. The van der Waals surface area contributed by atoms with Crippen LogP contribution in [-0.4, -0.2) is 28.6 Å². The van der Waals surface area contributed by atoms with Gasteiger partial charge in [0.1, 0.15) is 5.01 Å². The number of carbonyl (C=O) groups is 2. The molecule has 2 aromatic rings. The predicted octanol–water partition coefficient (Wildman–Crippen LogP) is 1.28. The lowest BCUT2D eigenvalue weighted by Crippen LogP contribution is -2.32. The number of amides is 2. The van der Waals surface area contributed by atoms with Crippen LogP contribution in [0.3, 0.4) is 0 Å². The minimum atomic E-state index is -0.323. The lowest BCUT2D eigenvalue weighted by molar-refractivity contribution is -0.115. The Morgan fingerprint density at radius 2 is 2.22 bits per heavy atom. The fraction of sp³-hybridized carbons (Fsp3) is 0.200. The second kappa shape index (κ2) is 5.69. The van der Waals surface area contributed by atoms with Crippen molar-refractivity contribution in [3.05, 3.63) is 27.4 Å². The first-order valence-electron chi connectivity index (χ1n) is 5.07. The SMILES string of the molecule is Cc1nnc(NC(=O)CNC(=O)c2cccs2)s1. The van der Waals surface area contributed by atoms with E-state index in [-0.39, 0.29) is 18.4 Å². The highest BCUT2D eigenvalue weighted by Crippen LogP contribution is 2.13. The molecule has 0 aromatic carbocycles. The van der Waals surface area contributed by atoms with Crippen LogP contribution in [0.25, 0.3) is 0 Å². The summed E-state index contributed by atoms with van der Waals surface area (Å²) in [7, 11) is 0. The van der Waals surface area contributed by atoms with Crippen LogP contribution in [0.1, 0.15) is 14.7 Å². The lowest BCUT2D eigenvalue weighted by Gasteiger charge is -2.02. The monoisotopic (exact) mass is 282 g/mol. The molecular formula is C10H10N4O2S2. The molecule has 2 rings (SSSR count). The zero-order chi connectivity index (χ0) is 13.0. The molecule has 2 aromatic heterocycles. The molecule has 0 atom stereocenters. The van der Waals surface area contributed by atoms with Gasteiger partial charge in [-0.2, -0.15) is 0 Å². The number of thiophene rings is 1. The number of nitrogens with zero attached hydrogens (tertiary/aromatic N) is 2. The van der Waals surface area contributed by atoms with Crippen molar-refractivity contribution in [1.82, 2.24) is 15.5 Å². The number of aryl methyl sites for hydroxylation is 1. The largest absolute Gasteiger partial charge is 0.342 e. The van der Waals surface area contributed by atoms with Crippen molar-refractivity contribution in [3.63, 3.8) is 0 Å². The van der Waals surface area contributed by atoms with Crippen molar-refractivity contribution in [1.29, 1.82) is 0 Å². The van der Waals surface area contributed by atoms with Gasteiger partial charge in [0.15, 0.2) is 0 Å². The third-order valence-electron chi connectivity index (χ3n) is 1.93. The van der Waals surface area contributed by atoms with Crippen LogP contribution >= 0.6 is 22.7 Å². The van der Waals surface area contributed by atoms with E-state index >= 15 is 0 Å². The molecule has 18 heavy (non-hydrogen) atoms. The van der Waals surface area contributed by atoms with E-state index in [9.17, 15) is 9.59 Å². The third-order valence-corrected chi connectivity index (χ3v) is 3.55. The molecule has 0 aliphatic rings. The average Bonchev–Trinajstić information content (AvgIpc) is 2.97. The van der Waals surface area contributed by atoms with E-state index < -0.39 is 0 Å². The zero-order valence-electron chi connectivity index (χ0n) is 9.47. The maximum atomic E-state index is 11.6. The Bertz CT molecular complexity index is 550. The maximum absolute atomic E-state index is 11.6. The Hall–Kier alpha value is -1.80. The van der Waals surface area contributed by atoms with E-state index in [1.54, 1.807) is 24.4 Å². The Morgan fingerprint density at radius 1 is 1.39 bits per heavy atom. The summed E-state index contributed by atoms with van der Waals surface area (Å²) >= 11 is 2.61. The van der Waals surface area contributed by atoms with Crippen molar-refractivity contribution < 1.29 is 9.59 Å². The number of nitrogens with one attached hydrogen (secondary N) is 2. The molecule has 0 bridgehead atoms. The fourth-order valence-corrected chi connectivity index (χ4v) is 2.41. The molecular weight excluding hydrogens is 272 g/mol. The molecule has 8 heteroatoms. The van der Waals surface area contributed by atoms with Gasteiger partial charge in [-0.25, -0.2) is 0 Å². The summed E-state index contributed by atoms with van der Waals surface area (Å²) in [5.74, 6) is -0.579. The average molecular weight is 282 g/mol. The lowest BCUT2D eigenvalue weighted by atomic mass is 10.4. The molecule has 0 radical (unpaired) electrons. The zero-order valence-corrected chi connectivity index (χ0v) is 11.1. The van der Waals surface area contributed by atoms with E-state index in [0.29, 0.717) is 10.0 Å². The molecule has 0 unspecified atom stereocenters. The Balaban J connectivity index is 1.80. The summed E-state index contributed by atoms with van der Waals surface area (Å²) in [5.41, 5.74) is 0. The molecule has 0 saturated heterocycles. The molecule has 2 heterocycles. The quantitative estimate of drug-likeness (QED) is 0.884. The third kappa shape index (κ3) is 3.34. The normalized spacial score (nSPS) is 10.1. The van der Waals surface area contributed by atoms with Gasteiger partial charge in [-0.3, -0.25) is 14.9 Å². The summed E-state index contributed by atoms with van der Waals surface area (Å²) < 4.78 is 0. The molecule has 0 aliphatic carbocycles. The predicted molar refractivity (Wildman–Crippen MR) is 69.9 cm³/mol. The number of rotatable bonds is 4. The van der Waals surface area contributed by atoms with Crippen LogP contribution in [0, 0.1) is 6.92 Å². The van der Waals surface area contributed by atoms with Crippen molar-refractivity contribution >= 4 is 39.6 Å². The van der Waals surface area contributed by atoms with Gasteiger partial charge in [0.05, 0.1) is 11.4 Å². The molecule has 2 amide bonds. The number of aromatic nitrogens is 2. The van der Waals surface area contributed by atoms with Crippen LogP contribution in [-0.2, 0) is 4.79 Å². The smallest absolute Gasteiger partial charge is 0.261 e. The first-order valence-corrected chi connectivity index (χ1v) is 6.76. The number of carbonyl (C=O) groups excluding carboxylic acids is 2. The first-order chi connectivity index (χ1) is 8.65. The standard InChI is InChI=1S/C10H10N4O2S2/c1-6-13-14-10(18-6)12-8(15)5-11-9(16)7-3-2-4-17-7/h2-4H,5H2,1H3,(H,11,16)(H,12,14,15). The maximum Gasteiger partial charge on any atom is 0.261 e. The van der Waals surface area contributed by atoms with Crippen molar-refractivity contribution in [2.75, 3.05) is 11.9 Å². The van der Waals surface area contributed by atoms with E-state index in [1.165, 1.54) is 22.7 Å². The minimum Gasteiger partial charge on any atom is -0.342 e. The summed E-state index contributed by atoms with van der Waals surface area (Å²) in [4.78, 5) is 23.7. The van der Waals surface area contributed by atoms with Gasteiger partial charge < -0.3 is 5.32 Å². The number of hydrogen-bond acceptors (Lipinski definition) is 6. The van der Waals surface area contributed by atoms with Crippen LogP contribution in [0.4, 0.5) is 5.13 Å². The van der Waals surface area contributed by atoms with Gasteiger partial charge in [-0.15, -0.1) is 21.5 Å². The highest BCUT2D eigenvalue weighted by Gasteiger charge is 2.10. The summed E-state index contributed by atoms with van der Waals surface area (Å²) in [6.07, 6.45) is 0. The Kier molecular flexibility index (Phi) is 4.00. The van der Waals surface area contributed by atoms with E-state index in [0.717, 1.165) is 5.01 Å². The van der Waals surface area contributed by atoms with Gasteiger partial charge in [0, 0.05) is 0 Å². The Labute approximate surface area is 111 Å². The first kappa shape index (κ1) is 12.7. The molecule has 2 N–H and O–H groups in total. The van der Waals surface area contributed by atoms with Crippen LogP contribution in [0.5, 0.6) is 0 Å². The van der Waals surface area contributed by atoms with Gasteiger partial charge in [0.25, 0.3) is 5.91 Å². The summed E-state index contributed by atoms with van der Waals surface area (Å²) in [6.45, 7) is 1.71. The summed E-state index contributed by atoms with van der Waals surface area (Å²) in [5, 5.41) is 15.6. The van der Waals surface area contributed by atoms with Crippen LogP contribution in [0.15, 0.2) is 17.5 Å². The van der Waals surface area contributed by atoms with Crippen LogP contribution < -0.4 is 10.6 Å². The molecule has 0 aliphatic heterocycles. The minimum absolute atomic E-state index is 0.0879. The molecule has 0 saturated carbocycles. The second-order valence-electron chi connectivity index (χ2n) is 3.33. The molecule has 94 valence electrons. The van der Waals surface area contributed by atoms with Gasteiger partial charge in [-0.05, 0) is 18.4 Å². The van der Waals surface area contributed by atoms with E-state index in [4.69, 9.17) is 0 Å². The molecule has 6 nitrogen and oxygen atoms in total.